The maximum absolute atomic E-state index is 12.7. The van der Waals surface area contributed by atoms with Crippen molar-refractivity contribution in [3.63, 3.8) is 0 Å². The van der Waals surface area contributed by atoms with Crippen LogP contribution in [0.5, 0.6) is 11.5 Å². The van der Waals surface area contributed by atoms with E-state index in [1.165, 1.54) is 12.1 Å². The first-order valence-electron chi connectivity index (χ1n) is 13.5. The lowest BCUT2D eigenvalue weighted by atomic mass is 9.98. The SMILES string of the molecule is CCCCC(=O)OC(C)CN[C@@H](Cc1ccc(OC(=O)C(C)C(C)C)c(OC(=O)C(C)C(C)C)c1)C(=O)O. The molecule has 4 atom stereocenters. The van der Waals surface area contributed by atoms with E-state index in [1.54, 1.807) is 26.8 Å². The molecular formula is C29H45NO8. The minimum absolute atomic E-state index is 0.0382. The predicted molar refractivity (Wildman–Crippen MR) is 144 cm³/mol. The van der Waals surface area contributed by atoms with E-state index >= 15 is 0 Å². The third-order valence-corrected chi connectivity index (χ3v) is 6.63. The molecule has 9 nitrogen and oxygen atoms in total. The third kappa shape index (κ3) is 11.2. The fourth-order valence-electron chi connectivity index (χ4n) is 3.23. The number of nitrogens with one attached hydrogen (secondary N) is 1. The van der Waals surface area contributed by atoms with Crippen LogP contribution in [0, 0.1) is 23.7 Å². The first-order valence-corrected chi connectivity index (χ1v) is 13.5. The number of esters is 3. The van der Waals surface area contributed by atoms with E-state index in [9.17, 15) is 24.3 Å². The molecule has 1 aromatic rings. The molecule has 1 aromatic carbocycles. The molecule has 9 heteroatoms. The summed E-state index contributed by atoms with van der Waals surface area (Å²) in [6.07, 6.45) is 1.51. The molecular weight excluding hydrogens is 490 g/mol. The molecule has 214 valence electrons. The first kappa shape index (κ1) is 33.1. The highest BCUT2D eigenvalue weighted by Crippen LogP contribution is 2.31. The summed E-state index contributed by atoms with van der Waals surface area (Å²) in [5.74, 6) is -2.82. The van der Waals surface area contributed by atoms with Gasteiger partial charge < -0.3 is 24.6 Å². The number of rotatable bonds is 16. The molecule has 38 heavy (non-hydrogen) atoms. The van der Waals surface area contributed by atoms with Crippen LogP contribution in [0.2, 0.25) is 0 Å². The Labute approximate surface area is 226 Å². The highest BCUT2D eigenvalue weighted by atomic mass is 16.6. The van der Waals surface area contributed by atoms with Crippen LogP contribution in [0.3, 0.4) is 0 Å². The van der Waals surface area contributed by atoms with Crippen LogP contribution in [0.15, 0.2) is 18.2 Å². The Morgan fingerprint density at radius 2 is 1.42 bits per heavy atom. The highest BCUT2D eigenvalue weighted by Gasteiger charge is 2.25. The van der Waals surface area contributed by atoms with Gasteiger partial charge in [-0.25, -0.2) is 0 Å². The summed E-state index contributed by atoms with van der Waals surface area (Å²) >= 11 is 0. The second-order valence-corrected chi connectivity index (χ2v) is 10.6. The lowest BCUT2D eigenvalue weighted by Gasteiger charge is -2.20. The molecule has 1 rings (SSSR count). The first-order chi connectivity index (χ1) is 17.8. The van der Waals surface area contributed by atoms with E-state index in [1.807, 2.05) is 34.6 Å². The smallest absolute Gasteiger partial charge is 0.321 e. The number of hydrogen-bond acceptors (Lipinski definition) is 8. The maximum Gasteiger partial charge on any atom is 0.321 e. The molecule has 0 fully saturated rings. The molecule has 0 aromatic heterocycles. The largest absolute Gasteiger partial charge is 0.480 e. The number of carboxylic acids is 1. The Hall–Kier alpha value is -2.94. The van der Waals surface area contributed by atoms with Crippen LogP contribution in [-0.4, -0.2) is 47.7 Å². The molecule has 0 aliphatic rings. The second-order valence-electron chi connectivity index (χ2n) is 10.6. The average Bonchev–Trinajstić information content (AvgIpc) is 2.84. The van der Waals surface area contributed by atoms with Crippen LogP contribution in [0.4, 0.5) is 0 Å². The Bertz CT molecular complexity index is 943. The van der Waals surface area contributed by atoms with E-state index in [0.29, 0.717) is 12.0 Å². The molecule has 0 aliphatic heterocycles. The van der Waals surface area contributed by atoms with Crippen molar-refractivity contribution in [2.75, 3.05) is 6.54 Å². The Morgan fingerprint density at radius 3 is 1.92 bits per heavy atom. The van der Waals surface area contributed by atoms with Gasteiger partial charge in [-0.1, -0.05) is 61.0 Å². The summed E-state index contributed by atoms with van der Waals surface area (Å²) in [4.78, 5) is 49.1. The van der Waals surface area contributed by atoms with Gasteiger partial charge in [0.2, 0.25) is 0 Å². The molecule has 0 saturated heterocycles. The molecule has 2 N–H and O–H groups in total. The summed E-state index contributed by atoms with van der Waals surface area (Å²) in [5.41, 5.74) is 0.564. The van der Waals surface area contributed by atoms with Crippen molar-refractivity contribution in [2.24, 2.45) is 23.7 Å². The molecule has 0 heterocycles. The number of carbonyl (C=O) groups is 4. The topological polar surface area (TPSA) is 128 Å². The van der Waals surface area contributed by atoms with Crippen LogP contribution in [0.25, 0.3) is 0 Å². The van der Waals surface area contributed by atoms with Gasteiger partial charge >= 0.3 is 23.9 Å². The standard InChI is InChI=1S/C29H45NO8/c1-9-10-11-26(31)36-19(6)16-30-23(27(32)33)14-22-12-13-24(37-28(34)20(7)17(2)3)25(15-22)38-29(35)21(8)18(4)5/h12-13,15,17-21,23,30H,9-11,14,16H2,1-8H3,(H,32,33)/t19?,20?,21?,23-/m0/s1. The molecule has 0 aliphatic carbocycles. The fraction of sp³-hybridized carbons (Fsp3) is 0.655. The van der Waals surface area contributed by atoms with E-state index in [-0.39, 0.29) is 48.2 Å². The van der Waals surface area contributed by atoms with E-state index in [0.717, 1.165) is 12.8 Å². The summed E-state index contributed by atoms with van der Waals surface area (Å²) < 4.78 is 16.5. The Balaban J connectivity index is 3.08. The summed E-state index contributed by atoms with van der Waals surface area (Å²) in [6.45, 7) is 15.0. The van der Waals surface area contributed by atoms with Gasteiger partial charge in [0.15, 0.2) is 11.5 Å². The molecule has 3 unspecified atom stereocenters. The van der Waals surface area contributed by atoms with Crippen LogP contribution >= 0.6 is 0 Å². The van der Waals surface area contributed by atoms with E-state index < -0.39 is 36.0 Å². The van der Waals surface area contributed by atoms with Crippen molar-refractivity contribution in [1.82, 2.24) is 5.32 Å². The van der Waals surface area contributed by atoms with Gasteiger partial charge in [-0.3, -0.25) is 19.2 Å². The third-order valence-electron chi connectivity index (χ3n) is 6.63. The number of benzene rings is 1. The van der Waals surface area contributed by atoms with E-state index in [2.05, 4.69) is 5.32 Å². The minimum Gasteiger partial charge on any atom is -0.480 e. The molecule has 0 saturated carbocycles. The van der Waals surface area contributed by atoms with Crippen LogP contribution in [0.1, 0.15) is 80.2 Å². The number of unbranched alkanes of at least 4 members (excludes halogenated alkanes) is 1. The highest BCUT2D eigenvalue weighted by molar-refractivity contribution is 5.79. The number of ether oxygens (including phenoxy) is 3. The van der Waals surface area contributed by atoms with Crippen molar-refractivity contribution in [3.8, 4) is 11.5 Å². The Kier molecular flexibility index (Phi) is 14.0. The van der Waals surface area contributed by atoms with Gasteiger partial charge in [-0.05, 0) is 49.3 Å². The zero-order valence-electron chi connectivity index (χ0n) is 24.0. The Morgan fingerprint density at radius 1 is 0.868 bits per heavy atom. The van der Waals surface area contributed by atoms with Crippen LogP contribution < -0.4 is 14.8 Å². The van der Waals surface area contributed by atoms with Gasteiger partial charge in [0.25, 0.3) is 0 Å². The zero-order chi connectivity index (χ0) is 29.0. The number of hydrogen-bond donors (Lipinski definition) is 2. The molecule has 0 amide bonds. The monoisotopic (exact) mass is 535 g/mol. The fourth-order valence-corrected chi connectivity index (χ4v) is 3.23. The number of carbonyl (C=O) groups excluding carboxylic acids is 3. The van der Waals surface area contributed by atoms with Gasteiger partial charge in [0.1, 0.15) is 12.1 Å². The van der Waals surface area contributed by atoms with Gasteiger partial charge in [-0.15, -0.1) is 0 Å². The number of carboxylic acid groups (broad SMARTS) is 1. The van der Waals surface area contributed by atoms with Gasteiger partial charge in [0.05, 0.1) is 11.8 Å². The van der Waals surface area contributed by atoms with Gasteiger partial charge in [-0.2, -0.15) is 0 Å². The minimum atomic E-state index is -1.08. The molecule has 0 spiro atoms. The zero-order valence-corrected chi connectivity index (χ0v) is 24.0. The van der Waals surface area contributed by atoms with E-state index in [4.69, 9.17) is 14.2 Å². The maximum atomic E-state index is 12.7. The average molecular weight is 536 g/mol. The predicted octanol–water partition coefficient (Wildman–Crippen LogP) is 4.79. The van der Waals surface area contributed by atoms with Crippen molar-refractivity contribution < 1.29 is 38.5 Å². The van der Waals surface area contributed by atoms with Crippen molar-refractivity contribution in [2.45, 2.75) is 93.2 Å². The van der Waals surface area contributed by atoms with Crippen molar-refractivity contribution in [1.29, 1.82) is 0 Å². The van der Waals surface area contributed by atoms with Crippen molar-refractivity contribution >= 4 is 23.9 Å². The quantitative estimate of drug-likeness (QED) is 0.227. The molecule has 0 bridgehead atoms. The summed E-state index contributed by atoms with van der Waals surface area (Å²) in [5, 5.41) is 12.7. The lowest BCUT2D eigenvalue weighted by Crippen LogP contribution is -2.42. The molecule has 0 radical (unpaired) electrons. The summed E-state index contributed by atoms with van der Waals surface area (Å²) in [6, 6.07) is 3.69. The van der Waals surface area contributed by atoms with Crippen molar-refractivity contribution in [3.05, 3.63) is 23.8 Å². The van der Waals surface area contributed by atoms with Crippen LogP contribution in [-0.2, 0) is 30.3 Å². The summed E-state index contributed by atoms with van der Waals surface area (Å²) in [7, 11) is 0. The van der Waals surface area contributed by atoms with Gasteiger partial charge in [0, 0.05) is 13.0 Å². The lowest BCUT2D eigenvalue weighted by molar-refractivity contribution is -0.148. The second kappa shape index (κ2) is 16.1. The normalized spacial score (nSPS) is 14.5. The number of aliphatic carboxylic acids is 1.